The molecule has 0 radical (unpaired) electrons. The summed E-state index contributed by atoms with van der Waals surface area (Å²) in [7, 11) is 0. The zero-order valence-corrected chi connectivity index (χ0v) is 16.9. The third-order valence-corrected chi connectivity index (χ3v) is 5.69. The van der Waals surface area contributed by atoms with Gasteiger partial charge in [0.05, 0.1) is 6.54 Å². The summed E-state index contributed by atoms with van der Waals surface area (Å²) in [5.41, 5.74) is -0.0372. The summed E-state index contributed by atoms with van der Waals surface area (Å²) < 4.78 is 25.2. The van der Waals surface area contributed by atoms with Crippen LogP contribution in [0.15, 0.2) is 46.9 Å². The second-order valence-corrected chi connectivity index (χ2v) is 8.05. The summed E-state index contributed by atoms with van der Waals surface area (Å²) in [5, 5.41) is 11.9. The van der Waals surface area contributed by atoms with Gasteiger partial charge in [-0.1, -0.05) is 11.6 Å². The highest BCUT2D eigenvalue weighted by Gasteiger charge is 2.41. The van der Waals surface area contributed by atoms with E-state index in [0.717, 1.165) is 0 Å². The van der Waals surface area contributed by atoms with E-state index in [4.69, 9.17) is 20.8 Å². The number of piperidine rings is 1. The monoisotopic (exact) mass is 417 g/mol. The lowest BCUT2D eigenvalue weighted by atomic mass is 9.90. The lowest BCUT2D eigenvalue weighted by Gasteiger charge is -2.42. The molecule has 0 spiro atoms. The standard InChI is InChI=1S/C22H21ClFNO4/c1-13-17-11-15(24)5-8-18(17)29-20(13)21(26)25-10-9-22(2,27)19(12-25)28-16-6-3-14(23)4-7-16/h3-8,11,19,27H,9-10,12H2,1-2H3/t19-,22-/m0/s1. The van der Waals surface area contributed by atoms with Crippen molar-refractivity contribution in [3.63, 3.8) is 0 Å². The number of fused-ring (bicyclic) bond motifs is 1. The second kappa shape index (κ2) is 7.35. The van der Waals surface area contributed by atoms with Crippen molar-refractivity contribution in [2.24, 2.45) is 0 Å². The van der Waals surface area contributed by atoms with Gasteiger partial charge >= 0.3 is 0 Å². The number of hydrogen-bond acceptors (Lipinski definition) is 4. The van der Waals surface area contributed by atoms with Crippen LogP contribution in [0.3, 0.4) is 0 Å². The summed E-state index contributed by atoms with van der Waals surface area (Å²) in [5.74, 6) is 0.0481. The number of amides is 1. The molecule has 1 fully saturated rings. The molecule has 0 bridgehead atoms. The molecule has 1 amide bonds. The predicted molar refractivity (Wildman–Crippen MR) is 108 cm³/mol. The maximum absolute atomic E-state index is 13.6. The fraction of sp³-hybridized carbons (Fsp3) is 0.318. The Morgan fingerprint density at radius 3 is 2.76 bits per heavy atom. The van der Waals surface area contributed by atoms with E-state index in [9.17, 15) is 14.3 Å². The molecule has 4 rings (SSSR count). The highest BCUT2D eigenvalue weighted by atomic mass is 35.5. The third-order valence-electron chi connectivity index (χ3n) is 5.44. The Hall–Kier alpha value is -2.57. The van der Waals surface area contributed by atoms with Gasteiger partial charge in [0.15, 0.2) is 5.76 Å². The van der Waals surface area contributed by atoms with E-state index in [1.807, 2.05) is 0 Å². The molecule has 0 aliphatic carbocycles. The van der Waals surface area contributed by atoms with Crippen molar-refractivity contribution >= 4 is 28.5 Å². The quantitative estimate of drug-likeness (QED) is 0.677. The number of hydrogen-bond donors (Lipinski definition) is 1. The summed E-state index contributed by atoms with van der Waals surface area (Å²) in [6, 6.07) is 11.0. The van der Waals surface area contributed by atoms with Gasteiger partial charge in [0.1, 0.15) is 28.9 Å². The minimum atomic E-state index is -1.09. The number of benzene rings is 2. The largest absolute Gasteiger partial charge is 0.486 e. The van der Waals surface area contributed by atoms with Crippen LogP contribution in [0.2, 0.25) is 5.02 Å². The normalized spacial score (nSPS) is 22.1. The van der Waals surface area contributed by atoms with Crippen molar-refractivity contribution < 1.29 is 23.4 Å². The first-order chi connectivity index (χ1) is 13.7. The van der Waals surface area contributed by atoms with Gasteiger partial charge in [0, 0.05) is 22.5 Å². The third kappa shape index (κ3) is 3.82. The van der Waals surface area contributed by atoms with E-state index in [2.05, 4.69) is 0 Å². The molecule has 2 heterocycles. The summed E-state index contributed by atoms with van der Waals surface area (Å²) in [4.78, 5) is 14.7. The average Bonchev–Trinajstić information content (AvgIpc) is 3.01. The maximum atomic E-state index is 13.6. The minimum absolute atomic E-state index is 0.178. The Kier molecular flexibility index (Phi) is 5.00. The number of ether oxygens (including phenoxy) is 1. The fourth-order valence-corrected chi connectivity index (χ4v) is 3.70. The zero-order chi connectivity index (χ0) is 20.8. The molecule has 29 heavy (non-hydrogen) atoms. The van der Waals surface area contributed by atoms with E-state index in [1.54, 1.807) is 43.0 Å². The van der Waals surface area contributed by atoms with Crippen LogP contribution in [0.5, 0.6) is 5.75 Å². The topological polar surface area (TPSA) is 62.9 Å². The smallest absolute Gasteiger partial charge is 0.290 e. The molecule has 0 saturated carbocycles. The van der Waals surface area contributed by atoms with Crippen molar-refractivity contribution in [3.05, 3.63) is 64.6 Å². The summed E-state index contributed by atoms with van der Waals surface area (Å²) >= 11 is 5.91. The van der Waals surface area contributed by atoms with Crippen molar-refractivity contribution in [1.82, 2.24) is 4.90 Å². The first-order valence-electron chi connectivity index (χ1n) is 9.37. The Bertz CT molecular complexity index is 1060. The Labute approximate surface area is 172 Å². The molecule has 2 aromatic carbocycles. The van der Waals surface area contributed by atoms with E-state index in [-0.39, 0.29) is 24.0 Å². The van der Waals surface area contributed by atoms with Gasteiger partial charge < -0.3 is 19.2 Å². The number of rotatable bonds is 3. The highest BCUT2D eigenvalue weighted by molar-refractivity contribution is 6.30. The van der Waals surface area contributed by atoms with Crippen LogP contribution < -0.4 is 4.74 Å². The number of carbonyl (C=O) groups is 1. The molecule has 3 aromatic rings. The van der Waals surface area contributed by atoms with Crippen molar-refractivity contribution in [2.75, 3.05) is 13.1 Å². The molecule has 1 saturated heterocycles. The number of nitrogens with zero attached hydrogens (tertiary/aromatic N) is 1. The van der Waals surface area contributed by atoms with Gasteiger partial charge in [0.25, 0.3) is 5.91 Å². The molecule has 1 aliphatic heterocycles. The molecule has 1 aromatic heterocycles. The molecule has 5 nitrogen and oxygen atoms in total. The van der Waals surface area contributed by atoms with Crippen LogP contribution in [0, 0.1) is 12.7 Å². The van der Waals surface area contributed by atoms with Gasteiger partial charge in [-0.05, 0) is 62.7 Å². The van der Waals surface area contributed by atoms with E-state index >= 15 is 0 Å². The van der Waals surface area contributed by atoms with Crippen molar-refractivity contribution in [1.29, 1.82) is 0 Å². The van der Waals surface area contributed by atoms with Crippen LogP contribution in [0.1, 0.15) is 29.5 Å². The maximum Gasteiger partial charge on any atom is 0.290 e. The van der Waals surface area contributed by atoms with E-state index in [1.165, 1.54) is 18.2 Å². The SMILES string of the molecule is Cc1c(C(=O)N2CC[C@](C)(O)[C@@H](Oc3ccc(Cl)cc3)C2)oc2ccc(F)cc12. The number of likely N-dealkylation sites (tertiary alicyclic amines) is 1. The lowest BCUT2D eigenvalue weighted by Crippen LogP contribution is -2.57. The summed E-state index contributed by atoms with van der Waals surface area (Å²) in [6.45, 7) is 3.99. The summed E-state index contributed by atoms with van der Waals surface area (Å²) in [6.07, 6.45) is -0.270. The van der Waals surface area contributed by atoms with Crippen LogP contribution in [-0.2, 0) is 0 Å². The van der Waals surface area contributed by atoms with Crippen molar-refractivity contribution in [3.8, 4) is 5.75 Å². The number of carbonyl (C=O) groups excluding carboxylic acids is 1. The Balaban J connectivity index is 1.58. The van der Waals surface area contributed by atoms with Crippen LogP contribution in [0.25, 0.3) is 11.0 Å². The highest BCUT2D eigenvalue weighted by Crippen LogP contribution is 2.31. The minimum Gasteiger partial charge on any atom is -0.486 e. The molecule has 1 aliphatic rings. The van der Waals surface area contributed by atoms with Gasteiger partial charge in [-0.15, -0.1) is 0 Å². The Morgan fingerprint density at radius 2 is 2.03 bits per heavy atom. The van der Waals surface area contributed by atoms with E-state index in [0.29, 0.717) is 40.3 Å². The molecule has 0 unspecified atom stereocenters. The molecule has 2 atom stereocenters. The number of halogens is 2. The van der Waals surface area contributed by atoms with Crippen LogP contribution >= 0.6 is 11.6 Å². The van der Waals surface area contributed by atoms with Crippen molar-refractivity contribution in [2.45, 2.75) is 32.0 Å². The molecule has 1 N–H and O–H groups in total. The molecule has 7 heteroatoms. The number of aliphatic hydroxyl groups is 1. The number of aryl methyl sites for hydroxylation is 1. The van der Waals surface area contributed by atoms with E-state index < -0.39 is 11.7 Å². The van der Waals surface area contributed by atoms with Crippen LogP contribution in [-0.4, -0.2) is 40.7 Å². The lowest BCUT2D eigenvalue weighted by molar-refractivity contribution is -0.0884. The van der Waals surface area contributed by atoms with Crippen LogP contribution in [0.4, 0.5) is 4.39 Å². The number of furan rings is 1. The average molecular weight is 418 g/mol. The molecular weight excluding hydrogens is 397 g/mol. The van der Waals surface area contributed by atoms with Gasteiger partial charge in [-0.25, -0.2) is 4.39 Å². The first-order valence-corrected chi connectivity index (χ1v) is 9.75. The van der Waals surface area contributed by atoms with Gasteiger partial charge in [0.2, 0.25) is 0 Å². The first kappa shape index (κ1) is 19.7. The Morgan fingerprint density at radius 1 is 1.31 bits per heavy atom. The van der Waals surface area contributed by atoms with Gasteiger partial charge in [-0.3, -0.25) is 4.79 Å². The fourth-order valence-electron chi connectivity index (χ4n) is 3.58. The predicted octanol–water partition coefficient (Wildman–Crippen LogP) is 4.58. The zero-order valence-electron chi connectivity index (χ0n) is 16.1. The molecule has 152 valence electrons. The second-order valence-electron chi connectivity index (χ2n) is 7.62. The molecular formula is C22H21ClFNO4. The van der Waals surface area contributed by atoms with Gasteiger partial charge in [-0.2, -0.15) is 0 Å².